The molecule has 0 fully saturated rings. The van der Waals surface area contributed by atoms with E-state index in [1.54, 1.807) is 13.0 Å². The number of rotatable bonds is 4. The quantitative estimate of drug-likeness (QED) is 0.827. The van der Waals surface area contributed by atoms with Gasteiger partial charge in [-0.15, -0.1) is 0 Å². The number of nitrogens with one attached hydrogen (secondary N) is 1. The molecule has 2 rings (SSSR count). The van der Waals surface area contributed by atoms with Gasteiger partial charge >= 0.3 is 5.97 Å². The fraction of sp³-hybridized carbons (Fsp3) is 0.182. The highest BCUT2D eigenvalue weighted by atomic mass is 35.5. The largest absolute Gasteiger partial charge is 0.478 e. The molecular formula is C11H10ClN3O3. The van der Waals surface area contributed by atoms with Crippen LogP contribution in [0.4, 0.5) is 5.82 Å². The second-order valence-electron chi connectivity index (χ2n) is 3.65. The average molecular weight is 268 g/mol. The molecule has 18 heavy (non-hydrogen) atoms. The van der Waals surface area contributed by atoms with Gasteiger partial charge in [0, 0.05) is 6.07 Å². The number of carbonyl (C=O) groups is 1. The number of hydrogen-bond acceptors (Lipinski definition) is 5. The fourth-order valence-corrected chi connectivity index (χ4v) is 1.60. The van der Waals surface area contributed by atoms with Gasteiger partial charge in [-0.25, -0.2) is 9.78 Å². The normalized spacial score (nSPS) is 10.3. The Balaban J connectivity index is 2.11. The zero-order valence-electron chi connectivity index (χ0n) is 9.48. The first-order valence-electron chi connectivity index (χ1n) is 5.11. The molecule has 2 aromatic rings. The number of aromatic nitrogens is 2. The predicted octanol–water partition coefficient (Wildman–Crippen LogP) is 2.34. The van der Waals surface area contributed by atoms with E-state index in [2.05, 4.69) is 15.5 Å². The van der Waals surface area contributed by atoms with Crippen molar-refractivity contribution in [3.63, 3.8) is 0 Å². The number of carboxylic acid groups (broad SMARTS) is 1. The number of halogens is 1. The van der Waals surface area contributed by atoms with Gasteiger partial charge < -0.3 is 14.9 Å². The summed E-state index contributed by atoms with van der Waals surface area (Å²) in [6.45, 7) is 2.17. The molecule has 0 unspecified atom stereocenters. The Morgan fingerprint density at radius 2 is 2.28 bits per heavy atom. The molecule has 0 aromatic carbocycles. The molecule has 6 nitrogen and oxygen atoms in total. The monoisotopic (exact) mass is 267 g/mol. The highest BCUT2D eigenvalue weighted by molar-refractivity contribution is 6.29. The van der Waals surface area contributed by atoms with Crippen LogP contribution in [0.3, 0.4) is 0 Å². The lowest BCUT2D eigenvalue weighted by Gasteiger charge is -2.04. The summed E-state index contributed by atoms with van der Waals surface area (Å²) in [6, 6.07) is 4.46. The van der Waals surface area contributed by atoms with Crippen molar-refractivity contribution in [1.29, 1.82) is 0 Å². The van der Waals surface area contributed by atoms with Crippen LogP contribution in [0, 0.1) is 6.92 Å². The van der Waals surface area contributed by atoms with E-state index in [-0.39, 0.29) is 10.7 Å². The topological polar surface area (TPSA) is 88.2 Å². The Morgan fingerprint density at radius 3 is 2.89 bits per heavy atom. The third-order valence-corrected chi connectivity index (χ3v) is 2.36. The fourth-order valence-electron chi connectivity index (χ4n) is 1.39. The van der Waals surface area contributed by atoms with Gasteiger partial charge in [0.15, 0.2) is 0 Å². The van der Waals surface area contributed by atoms with E-state index in [0.29, 0.717) is 23.8 Å². The Labute approximate surface area is 108 Å². The first-order chi connectivity index (χ1) is 8.54. The van der Waals surface area contributed by atoms with E-state index in [4.69, 9.17) is 21.2 Å². The molecule has 2 heterocycles. The highest BCUT2D eigenvalue weighted by Crippen LogP contribution is 2.15. The first kappa shape index (κ1) is 12.4. The third kappa shape index (κ3) is 2.98. The number of aryl methyl sites for hydroxylation is 1. The summed E-state index contributed by atoms with van der Waals surface area (Å²) in [5.74, 6) is 0.0252. The van der Waals surface area contributed by atoms with Crippen LogP contribution in [-0.4, -0.2) is 21.2 Å². The Hall–Kier alpha value is -2.08. The van der Waals surface area contributed by atoms with Gasteiger partial charge in [0.25, 0.3) is 0 Å². The average Bonchev–Trinajstić information content (AvgIpc) is 2.72. The number of hydrogen-bond donors (Lipinski definition) is 2. The standard InChI is InChI=1S/C11H10ClN3O3/c1-6-2-8(15-18-6)5-13-10-4-7(11(16)17)3-9(12)14-10/h2-4H,5H2,1H3,(H,13,14)(H,16,17). The van der Waals surface area contributed by atoms with Crippen LogP contribution in [0.2, 0.25) is 5.15 Å². The molecule has 0 aliphatic rings. The zero-order chi connectivity index (χ0) is 13.1. The maximum absolute atomic E-state index is 10.8. The third-order valence-electron chi connectivity index (χ3n) is 2.17. The van der Waals surface area contributed by atoms with Gasteiger partial charge in [0.1, 0.15) is 22.4 Å². The zero-order valence-corrected chi connectivity index (χ0v) is 10.2. The molecule has 0 aliphatic heterocycles. The van der Waals surface area contributed by atoms with Gasteiger partial charge in [-0.1, -0.05) is 16.8 Å². The second-order valence-corrected chi connectivity index (χ2v) is 4.04. The Bertz CT molecular complexity index is 583. The van der Waals surface area contributed by atoms with Gasteiger partial charge in [-0.3, -0.25) is 0 Å². The van der Waals surface area contributed by atoms with E-state index in [0.717, 1.165) is 0 Å². The van der Waals surface area contributed by atoms with Gasteiger partial charge in [0.05, 0.1) is 12.1 Å². The minimum absolute atomic E-state index is 0.0776. The number of nitrogens with zero attached hydrogens (tertiary/aromatic N) is 2. The number of carboxylic acids is 1. The molecule has 0 spiro atoms. The van der Waals surface area contributed by atoms with E-state index < -0.39 is 5.97 Å². The van der Waals surface area contributed by atoms with Crippen molar-refractivity contribution in [1.82, 2.24) is 10.1 Å². The Morgan fingerprint density at radius 1 is 1.50 bits per heavy atom. The summed E-state index contributed by atoms with van der Waals surface area (Å²) in [5.41, 5.74) is 0.778. The summed E-state index contributed by atoms with van der Waals surface area (Å²) >= 11 is 5.73. The number of pyridine rings is 1. The van der Waals surface area contributed by atoms with Crippen LogP contribution in [0.15, 0.2) is 22.7 Å². The summed E-state index contributed by atoms with van der Waals surface area (Å²) in [5, 5.41) is 15.7. The van der Waals surface area contributed by atoms with Gasteiger partial charge in [-0.05, 0) is 19.1 Å². The molecule has 94 valence electrons. The van der Waals surface area contributed by atoms with Crippen molar-refractivity contribution in [3.05, 3.63) is 40.4 Å². The molecule has 0 amide bonds. The minimum atomic E-state index is -1.06. The van der Waals surface area contributed by atoms with Crippen molar-refractivity contribution in [2.45, 2.75) is 13.5 Å². The highest BCUT2D eigenvalue weighted by Gasteiger charge is 2.08. The van der Waals surface area contributed by atoms with Crippen LogP contribution in [-0.2, 0) is 6.54 Å². The summed E-state index contributed by atoms with van der Waals surface area (Å²) in [6.07, 6.45) is 0. The van der Waals surface area contributed by atoms with Gasteiger partial charge in [-0.2, -0.15) is 0 Å². The van der Waals surface area contributed by atoms with Crippen LogP contribution in [0.5, 0.6) is 0 Å². The molecule has 0 saturated carbocycles. The van der Waals surface area contributed by atoms with Crippen LogP contribution >= 0.6 is 11.6 Å². The van der Waals surface area contributed by atoms with Crippen molar-refractivity contribution in [3.8, 4) is 0 Å². The smallest absolute Gasteiger partial charge is 0.335 e. The van der Waals surface area contributed by atoms with Crippen molar-refractivity contribution in [2.24, 2.45) is 0 Å². The number of anilines is 1. The van der Waals surface area contributed by atoms with E-state index in [1.807, 2.05) is 0 Å². The van der Waals surface area contributed by atoms with E-state index in [9.17, 15) is 4.79 Å². The maximum Gasteiger partial charge on any atom is 0.335 e. The molecule has 2 N–H and O–H groups in total. The molecule has 2 aromatic heterocycles. The van der Waals surface area contributed by atoms with Crippen LogP contribution in [0.1, 0.15) is 21.8 Å². The van der Waals surface area contributed by atoms with Crippen LogP contribution < -0.4 is 5.32 Å². The Kier molecular flexibility index (Phi) is 3.47. The molecule has 0 atom stereocenters. The van der Waals surface area contributed by atoms with Crippen molar-refractivity contribution in [2.75, 3.05) is 5.32 Å². The summed E-state index contributed by atoms with van der Waals surface area (Å²) in [7, 11) is 0. The molecule has 7 heteroatoms. The number of aromatic carboxylic acids is 1. The molecule has 0 radical (unpaired) electrons. The maximum atomic E-state index is 10.8. The first-order valence-corrected chi connectivity index (χ1v) is 5.49. The van der Waals surface area contributed by atoms with Gasteiger partial charge in [0.2, 0.25) is 0 Å². The molecular weight excluding hydrogens is 258 g/mol. The van der Waals surface area contributed by atoms with Crippen molar-refractivity contribution < 1.29 is 14.4 Å². The lowest BCUT2D eigenvalue weighted by Crippen LogP contribution is -2.04. The molecule has 0 bridgehead atoms. The predicted molar refractivity (Wildman–Crippen MR) is 64.8 cm³/mol. The van der Waals surface area contributed by atoms with E-state index >= 15 is 0 Å². The summed E-state index contributed by atoms with van der Waals surface area (Å²) in [4.78, 5) is 14.8. The molecule has 0 aliphatic carbocycles. The van der Waals surface area contributed by atoms with Crippen molar-refractivity contribution >= 4 is 23.4 Å². The SMILES string of the molecule is Cc1cc(CNc2cc(C(=O)O)cc(Cl)n2)no1. The lowest BCUT2D eigenvalue weighted by molar-refractivity contribution is 0.0697. The second kappa shape index (κ2) is 5.05. The van der Waals surface area contributed by atoms with E-state index in [1.165, 1.54) is 12.1 Å². The lowest BCUT2D eigenvalue weighted by atomic mass is 10.2. The van der Waals surface area contributed by atoms with Crippen LogP contribution in [0.25, 0.3) is 0 Å². The summed E-state index contributed by atoms with van der Waals surface area (Å²) < 4.78 is 4.91. The molecule has 0 saturated heterocycles. The minimum Gasteiger partial charge on any atom is -0.478 e.